The van der Waals surface area contributed by atoms with Crippen molar-refractivity contribution in [1.82, 2.24) is 34.0 Å². The van der Waals surface area contributed by atoms with Gasteiger partial charge in [-0.2, -0.15) is 22.7 Å². The number of carbonyl (C=O) groups is 2. The molecule has 3 saturated heterocycles. The Morgan fingerprint density at radius 3 is 2.41 bits per heavy atom. The molecule has 0 atom stereocenters. The van der Waals surface area contributed by atoms with E-state index in [1.807, 2.05) is 47.1 Å². The first kappa shape index (κ1) is 40.0. The summed E-state index contributed by atoms with van der Waals surface area (Å²) >= 11 is 6.19. The molecule has 6 heterocycles. The average molecular weight is 835 g/mol. The maximum absolute atomic E-state index is 14.5. The fourth-order valence-electron chi connectivity index (χ4n) is 8.00. The number of halogens is 4. The number of fused-ring (bicyclic) bond motifs is 1. The summed E-state index contributed by atoms with van der Waals surface area (Å²) < 4.78 is 54.4. The standard InChI is InChI=1S/C40H42ClF3N10O5/c1-3-30-33(50-13-15-51(16-14-50)35(56)32-34(25(2)45-24-46-32)59-21-26-7-5-4-6-8-26)36(57)54-38(48-37(49-54)52-22-39(23-52)11-17-58-18-12-39)53(30)20-31(55)47-29-10-9-27(19-28(29)41)40(42,43)44/h4-10,19,24H,3,11-18,20-23H2,1-2H3,(H,47,55). The molecule has 2 aromatic carbocycles. The van der Waals surface area contributed by atoms with Gasteiger partial charge in [-0.05, 0) is 49.9 Å². The van der Waals surface area contributed by atoms with Gasteiger partial charge < -0.3 is 34.1 Å². The number of piperazine rings is 1. The van der Waals surface area contributed by atoms with Crippen LogP contribution in [0.5, 0.6) is 5.75 Å². The Hall–Kier alpha value is -5.75. The Balaban J connectivity index is 1.07. The summed E-state index contributed by atoms with van der Waals surface area (Å²) in [5.74, 6) is -0.151. The monoisotopic (exact) mass is 834 g/mol. The van der Waals surface area contributed by atoms with E-state index in [1.54, 1.807) is 16.4 Å². The zero-order valence-electron chi connectivity index (χ0n) is 32.5. The van der Waals surface area contributed by atoms with Crippen molar-refractivity contribution in [3.05, 3.63) is 98.4 Å². The second-order valence-corrected chi connectivity index (χ2v) is 15.5. The molecule has 3 aliphatic heterocycles. The Morgan fingerprint density at radius 1 is 1.00 bits per heavy atom. The molecular weight excluding hydrogens is 793 g/mol. The Kier molecular flexibility index (Phi) is 10.9. The molecule has 0 aliphatic carbocycles. The second-order valence-electron chi connectivity index (χ2n) is 15.1. The molecule has 8 rings (SSSR count). The van der Waals surface area contributed by atoms with Crippen LogP contribution in [0.4, 0.5) is 30.5 Å². The summed E-state index contributed by atoms with van der Waals surface area (Å²) in [6.07, 6.45) is -1.15. The van der Waals surface area contributed by atoms with Gasteiger partial charge in [0.1, 0.15) is 25.2 Å². The van der Waals surface area contributed by atoms with Gasteiger partial charge in [0.15, 0.2) is 11.4 Å². The fraction of sp³-hybridized carbons (Fsp3) is 0.425. The largest absolute Gasteiger partial charge is 0.485 e. The van der Waals surface area contributed by atoms with E-state index in [0.717, 1.165) is 36.6 Å². The second kappa shape index (κ2) is 16.1. The van der Waals surface area contributed by atoms with Gasteiger partial charge in [0, 0.05) is 57.9 Å². The van der Waals surface area contributed by atoms with Gasteiger partial charge in [0.25, 0.3) is 11.5 Å². The number of hydrogen-bond acceptors (Lipinski definition) is 11. The molecule has 0 radical (unpaired) electrons. The Labute approximate surface area is 341 Å². The number of carbonyl (C=O) groups excluding carboxylic acids is 2. The first-order valence-electron chi connectivity index (χ1n) is 19.4. The van der Waals surface area contributed by atoms with Crippen LogP contribution in [0.25, 0.3) is 5.78 Å². The van der Waals surface area contributed by atoms with Crippen molar-refractivity contribution < 1.29 is 32.2 Å². The van der Waals surface area contributed by atoms with Crippen molar-refractivity contribution in [2.24, 2.45) is 5.41 Å². The minimum absolute atomic E-state index is 0.00204. The molecular formula is C40H42ClF3N10O5. The van der Waals surface area contributed by atoms with Crippen molar-refractivity contribution in [3.63, 3.8) is 0 Å². The number of aryl methyl sites for hydroxylation is 1. The molecule has 59 heavy (non-hydrogen) atoms. The SMILES string of the molecule is CCc1c(N2CCN(C(=O)c3ncnc(C)c3OCc3ccccc3)CC2)c(=O)n2nc(N3CC4(CCOCC4)C3)nc2n1CC(=O)Nc1ccc(C(F)(F)F)cc1Cl. The van der Waals surface area contributed by atoms with Gasteiger partial charge in [-0.25, -0.2) is 9.97 Å². The van der Waals surface area contributed by atoms with E-state index in [4.69, 9.17) is 26.1 Å². The number of ether oxygens (including phenoxy) is 2. The Morgan fingerprint density at radius 2 is 1.73 bits per heavy atom. The van der Waals surface area contributed by atoms with E-state index in [2.05, 4.69) is 20.4 Å². The fourth-order valence-corrected chi connectivity index (χ4v) is 8.23. The molecule has 3 fully saturated rings. The number of anilines is 3. The van der Waals surface area contributed by atoms with E-state index in [0.29, 0.717) is 61.5 Å². The Bertz CT molecular complexity index is 2440. The molecule has 0 bridgehead atoms. The quantitative estimate of drug-likeness (QED) is 0.202. The van der Waals surface area contributed by atoms with Crippen molar-refractivity contribution in [1.29, 1.82) is 0 Å². The molecule has 310 valence electrons. The molecule has 3 aromatic heterocycles. The third-order valence-electron chi connectivity index (χ3n) is 11.2. The molecule has 5 aromatic rings. The van der Waals surface area contributed by atoms with Crippen molar-refractivity contribution in [3.8, 4) is 5.75 Å². The van der Waals surface area contributed by atoms with Gasteiger partial charge >= 0.3 is 6.18 Å². The van der Waals surface area contributed by atoms with Crippen LogP contribution < -0.4 is 25.4 Å². The van der Waals surface area contributed by atoms with E-state index in [9.17, 15) is 27.6 Å². The zero-order chi connectivity index (χ0) is 41.5. The van der Waals surface area contributed by atoms with Crippen molar-refractivity contribution in [2.75, 3.05) is 67.6 Å². The highest BCUT2D eigenvalue weighted by molar-refractivity contribution is 6.33. The summed E-state index contributed by atoms with van der Waals surface area (Å²) in [6, 6.07) is 12.2. The molecule has 3 aliphatic rings. The molecule has 0 saturated carbocycles. The minimum atomic E-state index is -4.61. The number of benzene rings is 2. The van der Waals surface area contributed by atoms with Crippen molar-refractivity contribution in [2.45, 2.75) is 52.4 Å². The van der Waals surface area contributed by atoms with Crippen LogP contribution in [-0.2, 0) is 35.3 Å². The van der Waals surface area contributed by atoms with Gasteiger partial charge in [-0.1, -0.05) is 48.9 Å². The first-order valence-corrected chi connectivity index (χ1v) is 19.8. The first-order chi connectivity index (χ1) is 28.3. The predicted molar refractivity (Wildman–Crippen MR) is 212 cm³/mol. The van der Waals surface area contributed by atoms with Crippen molar-refractivity contribution >= 4 is 46.5 Å². The lowest BCUT2D eigenvalue weighted by molar-refractivity contribution is -0.137. The van der Waals surface area contributed by atoms with Gasteiger partial charge in [0.05, 0.1) is 27.7 Å². The third-order valence-corrected chi connectivity index (χ3v) is 11.5. The van der Waals surface area contributed by atoms with Crippen LogP contribution in [0.2, 0.25) is 5.02 Å². The number of alkyl halides is 3. The highest BCUT2D eigenvalue weighted by Crippen LogP contribution is 2.41. The minimum Gasteiger partial charge on any atom is -0.485 e. The number of aromatic nitrogens is 6. The maximum Gasteiger partial charge on any atom is 0.416 e. The van der Waals surface area contributed by atoms with E-state index >= 15 is 0 Å². The summed E-state index contributed by atoms with van der Waals surface area (Å²) in [7, 11) is 0. The van der Waals surface area contributed by atoms with E-state index < -0.39 is 23.2 Å². The molecule has 15 nitrogen and oxygen atoms in total. The summed E-state index contributed by atoms with van der Waals surface area (Å²) in [5.41, 5.74) is 1.10. The van der Waals surface area contributed by atoms with E-state index in [1.165, 1.54) is 10.8 Å². The predicted octanol–water partition coefficient (Wildman–Crippen LogP) is 5.02. The number of hydrogen-bond donors (Lipinski definition) is 1. The van der Waals surface area contributed by atoms with Crippen LogP contribution in [0.15, 0.2) is 59.7 Å². The van der Waals surface area contributed by atoms with Gasteiger partial charge in [0.2, 0.25) is 17.6 Å². The molecule has 0 unspecified atom stereocenters. The lowest BCUT2D eigenvalue weighted by Gasteiger charge is -2.51. The summed E-state index contributed by atoms with van der Waals surface area (Å²) in [4.78, 5) is 61.0. The smallest absolute Gasteiger partial charge is 0.416 e. The summed E-state index contributed by atoms with van der Waals surface area (Å²) in [5, 5.41) is 7.01. The number of nitrogens with zero attached hydrogens (tertiary/aromatic N) is 9. The highest BCUT2D eigenvalue weighted by atomic mass is 35.5. The zero-order valence-corrected chi connectivity index (χ0v) is 33.2. The lowest BCUT2D eigenvalue weighted by Crippen LogP contribution is -2.59. The summed E-state index contributed by atoms with van der Waals surface area (Å²) in [6.45, 7) is 7.27. The molecule has 1 N–H and O–H groups in total. The molecule has 2 amide bonds. The van der Waals surface area contributed by atoms with Crippen LogP contribution >= 0.6 is 11.6 Å². The van der Waals surface area contributed by atoms with Gasteiger partial charge in [-0.15, -0.1) is 5.10 Å². The molecule has 19 heteroatoms. The van der Waals surface area contributed by atoms with Crippen LogP contribution in [0, 0.1) is 12.3 Å². The van der Waals surface area contributed by atoms with Crippen LogP contribution in [0.3, 0.4) is 0 Å². The normalized spacial score (nSPS) is 16.7. The maximum atomic E-state index is 14.5. The lowest BCUT2D eigenvalue weighted by atomic mass is 9.73. The topological polar surface area (TPSA) is 152 Å². The van der Waals surface area contributed by atoms with Gasteiger partial charge in [-0.3, -0.25) is 14.4 Å². The third kappa shape index (κ3) is 8.02. The average Bonchev–Trinajstić information content (AvgIpc) is 3.67. The highest BCUT2D eigenvalue weighted by Gasteiger charge is 2.45. The van der Waals surface area contributed by atoms with Crippen LogP contribution in [0.1, 0.15) is 52.8 Å². The number of nitrogens with one attached hydrogen (secondary N) is 1. The van der Waals surface area contributed by atoms with Crippen LogP contribution in [-0.4, -0.2) is 98.3 Å². The molecule has 1 spiro atoms. The van der Waals surface area contributed by atoms with E-state index in [-0.39, 0.29) is 72.8 Å². The number of amides is 2. The number of rotatable bonds is 10.